The molecule has 0 amide bonds. The summed E-state index contributed by atoms with van der Waals surface area (Å²) in [5.41, 5.74) is 0.919. The van der Waals surface area contributed by atoms with E-state index < -0.39 is 0 Å². The smallest absolute Gasteiger partial charge is 0.263 e. The van der Waals surface area contributed by atoms with Gasteiger partial charge >= 0.3 is 0 Å². The molecule has 4 rings (SSSR count). The predicted molar refractivity (Wildman–Crippen MR) is 93.0 cm³/mol. The molecule has 0 bridgehead atoms. The summed E-state index contributed by atoms with van der Waals surface area (Å²) >= 11 is 0. The maximum atomic E-state index is 5.72. The minimum Gasteiger partial charge on any atom is -0.459 e. The van der Waals surface area contributed by atoms with Crippen LogP contribution in [0.1, 0.15) is 24.3 Å². The number of aryl methyl sites for hydroxylation is 1. The van der Waals surface area contributed by atoms with Gasteiger partial charge in [-0.3, -0.25) is 0 Å². The zero-order valence-electron chi connectivity index (χ0n) is 14.2. The van der Waals surface area contributed by atoms with Gasteiger partial charge in [-0.05, 0) is 44.0 Å². The molecule has 0 spiro atoms. The molecule has 3 aromatic heterocycles. The normalized spacial score (nSPS) is 17.8. The summed E-state index contributed by atoms with van der Waals surface area (Å²) < 4.78 is 11.1. The Morgan fingerprint density at radius 3 is 3.08 bits per heavy atom. The lowest BCUT2D eigenvalue weighted by Gasteiger charge is -2.33. The molecular formula is C18H21N5O2. The maximum Gasteiger partial charge on any atom is 0.263 e. The fourth-order valence-electron chi connectivity index (χ4n) is 3.15. The summed E-state index contributed by atoms with van der Waals surface area (Å²) in [6.07, 6.45) is 5.59. The zero-order valence-corrected chi connectivity index (χ0v) is 14.2. The molecule has 0 aromatic carbocycles. The van der Waals surface area contributed by atoms with E-state index in [4.69, 9.17) is 8.83 Å². The first-order valence-corrected chi connectivity index (χ1v) is 8.56. The number of aromatic nitrogens is 3. The average molecular weight is 339 g/mol. The van der Waals surface area contributed by atoms with Crippen molar-refractivity contribution in [3.63, 3.8) is 0 Å². The van der Waals surface area contributed by atoms with Gasteiger partial charge in [0, 0.05) is 31.9 Å². The second-order valence-corrected chi connectivity index (χ2v) is 6.25. The molecule has 7 nitrogen and oxygen atoms in total. The molecule has 1 unspecified atom stereocenters. The van der Waals surface area contributed by atoms with Crippen molar-refractivity contribution in [3.05, 3.63) is 48.2 Å². The van der Waals surface area contributed by atoms with Gasteiger partial charge in [0.05, 0.1) is 12.0 Å². The fraction of sp³-hybridized carbons (Fsp3) is 0.389. The Balaban J connectivity index is 1.38. The highest BCUT2D eigenvalue weighted by Gasteiger charge is 2.22. The zero-order chi connectivity index (χ0) is 17.1. The topological polar surface area (TPSA) is 80.2 Å². The molecule has 130 valence electrons. The number of nitrogens with one attached hydrogen (secondary N) is 1. The van der Waals surface area contributed by atoms with Crippen molar-refractivity contribution in [1.29, 1.82) is 0 Å². The van der Waals surface area contributed by atoms with E-state index in [9.17, 15) is 0 Å². The molecule has 1 fully saturated rings. The number of anilines is 1. The van der Waals surface area contributed by atoms with Crippen molar-refractivity contribution in [2.75, 3.05) is 18.0 Å². The Morgan fingerprint density at radius 2 is 2.28 bits per heavy atom. The molecule has 1 N–H and O–H groups in total. The number of hydrogen-bond donors (Lipinski definition) is 1. The Kier molecular flexibility index (Phi) is 4.47. The third-order valence-corrected chi connectivity index (χ3v) is 4.49. The van der Waals surface area contributed by atoms with E-state index in [1.165, 1.54) is 0 Å². The van der Waals surface area contributed by atoms with Crippen LogP contribution in [0.25, 0.3) is 11.7 Å². The molecule has 3 aromatic rings. The predicted octanol–water partition coefficient (Wildman–Crippen LogP) is 2.79. The molecule has 1 aliphatic rings. The molecule has 1 atom stereocenters. The van der Waals surface area contributed by atoms with Crippen LogP contribution in [-0.4, -0.2) is 34.3 Å². The van der Waals surface area contributed by atoms with Crippen molar-refractivity contribution in [1.82, 2.24) is 20.5 Å². The van der Waals surface area contributed by atoms with Gasteiger partial charge in [-0.2, -0.15) is 5.10 Å². The Labute approximate surface area is 146 Å². The molecule has 1 saturated heterocycles. The average Bonchev–Trinajstić information content (AvgIpc) is 3.31. The lowest BCUT2D eigenvalue weighted by Crippen LogP contribution is -2.45. The van der Waals surface area contributed by atoms with Gasteiger partial charge in [0.15, 0.2) is 11.6 Å². The SMILES string of the molecule is Cc1oc(-c2ccco2)nc1CNC1CCCN(c2cccnn2)C1. The first-order valence-electron chi connectivity index (χ1n) is 8.56. The first kappa shape index (κ1) is 15.8. The molecule has 25 heavy (non-hydrogen) atoms. The van der Waals surface area contributed by atoms with Gasteiger partial charge in [-0.25, -0.2) is 4.98 Å². The lowest BCUT2D eigenvalue weighted by atomic mass is 10.1. The third-order valence-electron chi connectivity index (χ3n) is 4.49. The van der Waals surface area contributed by atoms with Crippen LogP contribution in [-0.2, 0) is 6.54 Å². The van der Waals surface area contributed by atoms with Gasteiger partial charge < -0.3 is 19.1 Å². The quantitative estimate of drug-likeness (QED) is 0.765. The van der Waals surface area contributed by atoms with Crippen LogP contribution in [0.5, 0.6) is 0 Å². The van der Waals surface area contributed by atoms with Crippen molar-refractivity contribution >= 4 is 5.82 Å². The number of piperidine rings is 1. The Bertz CT molecular complexity index is 800. The highest BCUT2D eigenvalue weighted by Crippen LogP contribution is 2.22. The standard InChI is InChI=1S/C18H21N5O2/c1-13-15(21-18(25-13)16-6-4-10-24-16)11-19-14-5-3-9-23(12-14)17-7-2-8-20-22-17/h2,4,6-8,10,14,19H,3,5,9,11-12H2,1H3. The molecule has 0 saturated carbocycles. The lowest BCUT2D eigenvalue weighted by molar-refractivity contribution is 0.416. The van der Waals surface area contributed by atoms with Crippen molar-refractivity contribution in [2.45, 2.75) is 32.4 Å². The van der Waals surface area contributed by atoms with Gasteiger partial charge in [0.2, 0.25) is 0 Å². The second kappa shape index (κ2) is 7.06. The second-order valence-electron chi connectivity index (χ2n) is 6.25. The first-order chi connectivity index (χ1) is 12.3. The number of nitrogens with zero attached hydrogens (tertiary/aromatic N) is 4. The maximum absolute atomic E-state index is 5.72. The Hall–Kier alpha value is -2.67. The van der Waals surface area contributed by atoms with Crippen molar-refractivity contribution in [3.8, 4) is 11.7 Å². The summed E-state index contributed by atoms with van der Waals surface area (Å²) in [6, 6.07) is 8.00. The van der Waals surface area contributed by atoms with Crippen LogP contribution in [0.4, 0.5) is 5.82 Å². The summed E-state index contributed by atoms with van der Waals surface area (Å²) in [6.45, 7) is 4.54. The minimum absolute atomic E-state index is 0.388. The monoisotopic (exact) mass is 339 g/mol. The van der Waals surface area contributed by atoms with E-state index in [-0.39, 0.29) is 0 Å². The third kappa shape index (κ3) is 3.56. The van der Waals surface area contributed by atoms with E-state index in [0.29, 0.717) is 24.2 Å². The van der Waals surface area contributed by atoms with Crippen LogP contribution in [0.3, 0.4) is 0 Å². The number of hydrogen-bond acceptors (Lipinski definition) is 7. The van der Waals surface area contributed by atoms with Gasteiger partial charge in [-0.15, -0.1) is 5.10 Å². The summed E-state index contributed by atoms with van der Waals surface area (Å²) in [5.74, 6) is 2.94. The Morgan fingerprint density at radius 1 is 1.32 bits per heavy atom. The van der Waals surface area contributed by atoms with Crippen LogP contribution < -0.4 is 10.2 Å². The highest BCUT2D eigenvalue weighted by atomic mass is 16.4. The van der Waals surface area contributed by atoms with Crippen molar-refractivity contribution in [2.24, 2.45) is 0 Å². The molecule has 0 radical (unpaired) electrons. The number of rotatable bonds is 5. The molecule has 0 aliphatic carbocycles. The van der Waals surface area contributed by atoms with Crippen LogP contribution in [0.15, 0.2) is 45.6 Å². The number of oxazole rings is 1. The van der Waals surface area contributed by atoms with E-state index in [1.807, 2.05) is 31.2 Å². The summed E-state index contributed by atoms with van der Waals surface area (Å²) in [4.78, 5) is 6.83. The van der Waals surface area contributed by atoms with Crippen LogP contribution >= 0.6 is 0 Å². The highest BCUT2D eigenvalue weighted by molar-refractivity contribution is 5.44. The van der Waals surface area contributed by atoms with E-state index in [2.05, 4.69) is 25.4 Å². The summed E-state index contributed by atoms with van der Waals surface area (Å²) in [7, 11) is 0. The molecule has 7 heteroatoms. The van der Waals surface area contributed by atoms with Gasteiger partial charge in [-0.1, -0.05) is 0 Å². The van der Waals surface area contributed by atoms with E-state index >= 15 is 0 Å². The molecule has 4 heterocycles. The molecular weight excluding hydrogens is 318 g/mol. The van der Waals surface area contributed by atoms with E-state index in [0.717, 1.165) is 43.2 Å². The van der Waals surface area contributed by atoms with Crippen LogP contribution in [0.2, 0.25) is 0 Å². The summed E-state index contributed by atoms with van der Waals surface area (Å²) in [5, 5.41) is 11.8. The molecule has 1 aliphatic heterocycles. The minimum atomic E-state index is 0.388. The van der Waals surface area contributed by atoms with Gasteiger partial charge in [0.25, 0.3) is 5.89 Å². The van der Waals surface area contributed by atoms with Gasteiger partial charge in [0.1, 0.15) is 5.76 Å². The van der Waals surface area contributed by atoms with Crippen molar-refractivity contribution < 1.29 is 8.83 Å². The van der Waals surface area contributed by atoms with Crippen LogP contribution in [0, 0.1) is 6.92 Å². The van der Waals surface area contributed by atoms with E-state index in [1.54, 1.807) is 12.5 Å². The number of furan rings is 1. The fourth-order valence-corrected chi connectivity index (χ4v) is 3.15. The largest absolute Gasteiger partial charge is 0.459 e.